The van der Waals surface area contributed by atoms with Crippen LogP contribution in [0.5, 0.6) is 0 Å². The third-order valence-electron chi connectivity index (χ3n) is 14.6. The Kier molecular flexibility index (Phi) is 9.36. The summed E-state index contributed by atoms with van der Waals surface area (Å²) < 4.78 is 6.32. The third-order valence-corrected chi connectivity index (χ3v) is 14.6. The smallest absolute Gasteiger partial charge is 0.306 e. The molecule has 0 saturated heterocycles. The molecule has 4 fully saturated rings. The minimum absolute atomic E-state index is 0.00563. The first-order valence-corrected chi connectivity index (χ1v) is 18.1. The van der Waals surface area contributed by atoms with Crippen LogP contribution in [0.3, 0.4) is 0 Å². The largest absolute Gasteiger partial charge is 0.462 e. The van der Waals surface area contributed by atoms with Crippen LogP contribution < -0.4 is 11.5 Å². The average molecular weight is 605 g/mol. The standard InChI is InChI=1S/C40H64N2O2/c1-26(2)11-9-12-27(3)30-19-23-40(8)32-17-18-34-37(4,5)35(21-22-38(34,6)31(32)20-24-39(30,40)7)44-36(43)14-10-13-28-15-16-29(41)25-33(28)42/h11,15-16,25,27,30-32,34-35H,9-10,12-14,17-24,41-42H2,1-8H3. The van der Waals surface area contributed by atoms with Crippen molar-refractivity contribution in [1.29, 1.82) is 0 Å². The second kappa shape index (κ2) is 12.3. The molecule has 4 heteroatoms. The quantitative estimate of drug-likeness (QED) is 0.167. The number of anilines is 2. The van der Waals surface area contributed by atoms with Gasteiger partial charge in [0.05, 0.1) is 0 Å². The van der Waals surface area contributed by atoms with Gasteiger partial charge < -0.3 is 16.2 Å². The molecule has 4 nitrogen and oxygen atoms in total. The molecule has 0 radical (unpaired) electrons. The fraction of sp³-hybridized carbons (Fsp3) is 0.775. The Morgan fingerprint density at radius 2 is 1.68 bits per heavy atom. The lowest BCUT2D eigenvalue weighted by Crippen LogP contribution is -2.62. The summed E-state index contributed by atoms with van der Waals surface area (Å²) in [4.78, 5) is 13.1. The van der Waals surface area contributed by atoms with Gasteiger partial charge in [-0.05, 0) is 154 Å². The summed E-state index contributed by atoms with van der Waals surface area (Å²) in [5.41, 5.74) is 17.1. The first-order chi connectivity index (χ1) is 20.6. The Morgan fingerprint density at radius 3 is 2.39 bits per heavy atom. The topological polar surface area (TPSA) is 78.3 Å². The molecule has 4 aliphatic carbocycles. The van der Waals surface area contributed by atoms with Crippen molar-refractivity contribution in [3.8, 4) is 0 Å². The molecule has 9 unspecified atom stereocenters. The normalized spacial score (nSPS) is 38.1. The van der Waals surface area contributed by atoms with Crippen molar-refractivity contribution >= 4 is 17.3 Å². The average Bonchev–Trinajstić information content (AvgIpc) is 3.22. The number of allylic oxidation sites excluding steroid dienone is 2. The highest BCUT2D eigenvalue weighted by atomic mass is 16.5. The van der Waals surface area contributed by atoms with Crippen LogP contribution in [0.15, 0.2) is 29.8 Å². The molecule has 0 spiro atoms. The highest BCUT2D eigenvalue weighted by Gasteiger charge is 2.67. The summed E-state index contributed by atoms with van der Waals surface area (Å²) in [7, 11) is 0. The van der Waals surface area contributed by atoms with E-state index in [2.05, 4.69) is 61.5 Å². The maximum atomic E-state index is 13.1. The van der Waals surface area contributed by atoms with Crippen LogP contribution in [0.4, 0.5) is 11.4 Å². The second-order valence-corrected chi connectivity index (χ2v) is 17.4. The molecule has 1 aromatic rings. The maximum Gasteiger partial charge on any atom is 0.306 e. The first kappa shape index (κ1) is 33.4. The molecular formula is C40H64N2O2. The minimum Gasteiger partial charge on any atom is -0.462 e. The van der Waals surface area contributed by atoms with E-state index in [-0.39, 0.29) is 17.5 Å². The number of carbonyl (C=O) groups excluding carboxylic acids is 1. The van der Waals surface area contributed by atoms with Gasteiger partial charge in [-0.25, -0.2) is 0 Å². The summed E-state index contributed by atoms with van der Waals surface area (Å²) >= 11 is 0. The van der Waals surface area contributed by atoms with Crippen molar-refractivity contribution < 1.29 is 9.53 Å². The van der Waals surface area contributed by atoms with Crippen LogP contribution in [0.2, 0.25) is 0 Å². The molecule has 246 valence electrons. The number of carbonyl (C=O) groups is 1. The number of aryl methyl sites for hydroxylation is 1. The van der Waals surface area contributed by atoms with Gasteiger partial charge in [0, 0.05) is 23.2 Å². The lowest BCUT2D eigenvalue weighted by atomic mass is 9.38. The predicted octanol–water partition coefficient (Wildman–Crippen LogP) is 10.2. The van der Waals surface area contributed by atoms with E-state index >= 15 is 0 Å². The molecule has 0 heterocycles. The van der Waals surface area contributed by atoms with Crippen molar-refractivity contribution in [1.82, 2.24) is 0 Å². The molecule has 4 saturated carbocycles. The summed E-state index contributed by atoms with van der Waals surface area (Å²) in [5, 5.41) is 0. The Labute approximate surface area is 269 Å². The summed E-state index contributed by atoms with van der Waals surface area (Å²) in [6, 6.07) is 5.66. The van der Waals surface area contributed by atoms with E-state index in [0.29, 0.717) is 40.0 Å². The highest BCUT2D eigenvalue weighted by Crippen LogP contribution is 2.74. The zero-order valence-electron chi connectivity index (χ0n) is 29.4. The molecule has 1 aromatic carbocycles. The van der Waals surface area contributed by atoms with E-state index in [1.165, 1.54) is 63.4 Å². The molecule has 0 aromatic heterocycles. The fourth-order valence-electron chi connectivity index (χ4n) is 12.0. The van der Waals surface area contributed by atoms with Gasteiger partial charge in [0.1, 0.15) is 6.10 Å². The minimum atomic E-state index is -0.0500. The van der Waals surface area contributed by atoms with E-state index in [9.17, 15) is 4.79 Å². The Balaban J connectivity index is 1.23. The number of nitrogen functional groups attached to an aromatic ring is 2. The molecule has 0 aliphatic heterocycles. The molecule has 44 heavy (non-hydrogen) atoms. The molecule has 0 bridgehead atoms. The SMILES string of the molecule is CC(C)=CCCC(C)C1CCC2(C)C3CCC4C(C)(C)C(OC(=O)CCCc5ccc(N)cc5N)CCC4(C)C3CCC12C. The number of ether oxygens (including phenoxy) is 1. The third kappa shape index (κ3) is 5.74. The molecule has 0 amide bonds. The Morgan fingerprint density at radius 1 is 0.955 bits per heavy atom. The lowest BCUT2D eigenvalue weighted by Gasteiger charge is -2.67. The van der Waals surface area contributed by atoms with Gasteiger partial charge in [0.15, 0.2) is 0 Å². The van der Waals surface area contributed by atoms with E-state index in [4.69, 9.17) is 16.2 Å². The first-order valence-electron chi connectivity index (χ1n) is 18.1. The zero-order chi connectivity index (χ0) is 32.1. The number of hydrogen-bond acceptors (Lipinski definition) is 4. The summed E-state index contributed by atoms with van der Waals surface area (Å²) in [5.74, 6) is 3.83. The van der Waals surface area contributed by atoms with E-state index in [0.717, 1.165) is 48.5 Å². The van der Waals surface area contributed by atoms with Gasteiger partial charge in [0.25, 0.3) is 0 Å². The maximum absolute atomic E-state index is 13.1. The second-order valence-electron chi connectivity index (χ2n) is 17.4. The van der Waals surface area contributed by atoms with Crippen molar-refractivity contribution in [2.45, 2.75) is 145 Å². The van der Waals surface area contributed by atoms with Gasteiger partial charge in [-0.15, -0.1) is 0 Å². The van der Waals surface area contributed by atoms with Crippen molar-refractivity contribution in [2.75, 3.05) is 11.5 Å². The number of fused-ring (bicyclic) bond motifs is 5. The number of hydrogen-bond donors (Lipinski definition) is 2. The molecule has 4 N–H and O–H groups in total. The predicted molar refractivity (Wildman–Crippen MR) is 185 cm³/mol. The monoisotopic (exact) mass is 604 g/mol. The van der Waals surface area contributed by atoms with Crippen LogP contribution in [0.25, 0.3) is 0 Å². The molecular weight excluding hydrogens is 540 g/mol. The van der Waals surface area contributed by atoms with Gasteiger partial charge in [-0.1, -0.05) is 59.3 Å². The van der Waals surface area contributed by atoms with Gasteiger partial charge in [-0.2, -0.15) is 0 Å². The highest BCUT2D eigenvalue weighted by molar-refractivity contribution is 5.69. The van der Waals surface area contributed by atoms with Crippen LogP contribution in [0.1, 0.15) is 138 Å². The van der Waals surface area contributed by atoms with Crippen LogP contribution in [0, 0.1) is 51.2 Å². The number of rotatable bonds is 9. The Bertz CT molecular complexity index is 1230. The van der Waals surface area contributed by atoms with E-state index < -0.39 is 0 Å². The Hall–Kier alpha value is -1.97. The van der Waals surface area contributed by atoms with E-state index in [1.54, 1.807) is 6.07 Å². The van der Waals surface area contributed by atoms with Crippen LogP contribution in [-0.2, 0) is 16.0 Å². The van der Waals surface area contributed by atoms with Gasteiger partial charge in [-0.3, -0.25) is 4.79 Å². The van der Waals surface area contributed by atoms with Gasteiger partial charge >= 0.3 is 5.97 Å². The fourth-order valence-corrected chi connectivity index (χ4v) is 12.0. The van der Waals surface area contributed by atoms with Crippen LogP contribution in [-0.4, -0.2) is 12.1 Å². The lowest BCUT2D eigenvalue weighted by molar-refractivity contribution is -0.210. The van der Waals surface area contributed by atoms with Crippen molar-refractivity contribution in [3.05, 3.63) is 35.4 Å². The number of nitrogens with two attached hydrogens (primary N) is 2. The summed E-state index contributed by atoms with van der Waals surface area (Å²) in [6.45, 7) is 19.9. The molecule has 5 rings (SSSR count). The summed E-state index contributed by atoms with van der Waals surface area (Å²) in [6.07, 6.45) is 17.4. The van der Waals surface area contributed by atoms with Crippen LogP contribution >= 0.6 is 0 Å². The van der Waals surface area contributed by atoms with E-state index in [1.807, 2.05) is 12.1 Å². The number of benzene rings is 1. The van der Waals surface area contributed by atoms with Crippen molar-refractivity contribution in [3.63, 3.8) is 0 Å². The van der Waals surface area contributed by atoms with Gasteiger partial charge in [0.2, 0.25) is 0 Å². The number of esters is 1. The zero-order valence-corrected chi connectivity index (χ0v) is 29.4. The van der Waals surface area contributed by atoms with Crippen molar-refractivity contribution in [2.24, 2.45) is 51.2 Å². The molecule has 9 atom stereocenters. The molecule has 4 aliphatic rings.